The van der Waals surface area contributed by atoms with Crippen LogP contribution in [-0.2, 0) is 11.2 Å². The second kappa shape index (κ2) is 7.97. The lowest BCUT2D eigenvalue weighted by molar-refractivity contribution is 0.588. The van der Waals surface area contributed by atoms with Crippen LogP contribution in [0.2, 0.25) is 0 Å². The summed E-state index contributed by atoms with van der Waals surface area (Å²) in [6.07, 6.45) is 0. The Kier molecular flexibility index (Phi) is 5.24. The Hall–Kier alpha value is -2.95. The first kappa shape index (κ1) is 18.4. The molecule has 0 aromatic heterocycles. The quantitative estimate of drug-likeness (QED) is 0.367. The van der Waals surface area contributed by atoms with Crippen LogP contribution in [0, 0.1) is 11.6 Å². The van der Waals surface area contributed by atoms with E-state index in [-0.39, 0.29) is 11.1 Å². The van der Waals surface area contributed by atoms with Crippen LogP contribution in [0.3, 0.4) is 0 Å². The molecule has 0 spiro atoms. The van der Waals surface area contributed by atoms with Crippen LogP contribution in [0.5, 0.6) is 0 Å². The summed E-state index contributed by atoms with van der Waals surface area (Å²) in [5.74, 6) is -0.926. The molecule has 4 aromatic rings. The van der Waals surface area contributed by atoms with E-state index in [4.69, 9.17) is 0 Å². The summed E-state index contributed by atoms with van der Waals surface area (Å²) < 4.78 is 42.9. The van der Waals surface area contributed by atoms with E-state index < -0.39 is 22.8 Å². The van der Waals surface area contributed by atoms with Gasteiger partial charge >= 0.3 is 0 Å². The van der Waals surface area contributed by atoms with Crippen molar-refractivity contribution < 1.29 is 13.3 Å². The highest BCUT2D eigenvalue weighted by atomic mass is 32.2. The molecule has 0 N–H and O–H groups in total. The van der Waals surface area contributed by atoms with Crippen LogP contribution in [0.4, 0.5) is 8.78 Å². The van der Waals surface area contributed by atoms with Crippen molar-refractivity contribution in [3.63, 3.8) is 0 Å². The fraction of sp³-hybridized carbons (Fsp3) is 0. The number of hydrogen-bond acceptors (Lipinski definition) is 1. The summed E-state index contributed by atoms with van der Waals surface area (Å²) in [7, 11) is 0. The third-order valence-electron chi connectivity index (χ3n) is 4.48. The first-order valence-electron chi connectivity index (χ1n) is 8.76. The Labute approximate surface area is 165 Å². The van der Waals surface area contributed by atoms with Crippen molar-refractivity contribution in [2.45, 2.75) is 9.79 Å². The van der Waals surface area contributed by atoms with Crippen LogP contribution in [0.15, 0.2) is 107 Å². The molecule has 0 radical (unpaired) electrons. The van der Waals surface area contributed by atoms with Gasteiger partial charge in [0, 0.05) is 11.2 Å². The Bertz CT molecular complexity index is 1010. The van der Waals surface area contributed by atoms with Gasteiger partial charge in [-0.05, 0) is 35.4 Å². The SMILES string of the molecule is [O-][S+](c1cccc(F)c1-c1ccccc1)c1cccc(F)c1-c1ccccc1. The normalized spacial score (nSPS) is 11.0. The minimum atomic E-state index is -1.77. The molecular weight excluding hydrogens is 374 g/mol. The standard InChI is InChI=1S/C24H16F2OS/c25-19-13-7-15-21(23(19)17-9-3-1-4-10-17)28(27)22-16-8-14-20(26)24(22)18-11-5-2-6-12-18/h1-16H. The maximum Gasteiger partial charge on any atom is 0.169 e. The summed E-state index contributed by atoms with van der Waals surface area (Å²) in [6, 6.07) is 26.9. The van der Waals surface area contributed by atoms with Gasteiger partial charge in [0.15, 0.2) is 9.79 Å². The molecule has 0 aliphatic carbocycles. The number of hydrogen-bond donors (Lipinski definition) is 0. The van der Waals surface area contributed by atoms with Crippen molar-refractivity contribution in [1.29, 1.82) is 0 Å². The summed E-state index contributed by atoms with van der Waals surface area (Å²) in [5.41, 5.74) is 1.79. The third-order valence-corrected chi connectivity index (χ3v) is 5.95. The van der Waals surface area contributed by atoms with Crippen LogP contribution in [0.1, 0.15) is 0 Å². The maximum absolute atomic E-state index is 14.7. The lowest BCUT2D eigenvalue weighted by atomic mass is 10.1. The average Bonchev–Trinajstić information content (AvgIpc) is 2.74. The molecule has 0 unspecified atom stereocenters. The van der Waals surface area contributed by atoms with Gasteiger partial charge in [-0.1, -0.05) is 72.8 Å². The Morgan fingerprint density at radius 1 is 0.500 bits per heavy atom. The van der Waals surface area contributed by atoms with Gasteiger partial charge in [-0.15, -0.1) is 0 Å². The van der Waals surface area contributed by atoms with Gasteiger partial charge in [0.25, 0.3) is 0 Å². The smallest absolute Gasteiger partial charge is 0.169 e. The Morgan fingerprint density at radius 3 is 1.29 bits per heavy atom. The van der Waals surface area contributed by atoms with Crippen LogP contribution in [-0.4, -0.2) is 4.55 Å². The van der Waals surface area contributed by atoms with Crippen molar-refractivity contribution in [3.05, 3.63) is 109 Å². The first-order chi connectivity index (χ1) is 13.7. The Balaban J connectivity index is 1.91. The minimum Gasteiger partial charge on any atom is -0.606 e. The van der Waals surface area contributed by atoms with Gasteiger partial charge in [0.1, 0.15) is 11.6 Å². The van der Waals surface area contributed by atoms with E-state index in [9.17, 15) is 13.3 Å². The van der Waals surface area contributed by atoms with Crippen molar-refractivity contribution in [2.75, 3.05) is 0 Å². The molecule has 0 saturated carbocycles. The molecule has 0 atom stereocenters. The van der Waals surface area contributed by atoms with Gasteiger partial charge in [0.05, 0.1) is 11.1 Å². The molecule has 1 nitrogen and oxygen atoms in total. The fourth-order valence-electron chi connectivity index (χ4n) is 3.21. The first-order valence-corrected chi connectivity index (χ1v) is 9.91. The number of halogens is 2. The Morgan fingerprint density at radius 2 is 0.893 bits per heavy atom. The van der Waals surface area contributed by atoms with Crippen LogP contribution < -0.4 is 0 Å². The van der Waals surface area contributed by atoms with Gasteiger partial charge in [-0.3, -0.25) is 0 Å². The largest absolute Gasteiger partial charge is 0.606 e. The van der Waals surface area contributed by atoms with E-state index >= 15 is 0 Å². The van der Waals surface area contributed by atoms with Crippen LogP contribution in [0.25, 0.3) is 22.3 Å². The van der Waals surface area contributed by atoms with Crippen molar-refractivity contribution in [3.8, 4) is 22.3 Å². The topological polar surface area (TPSA) is 23.1 Å². The van der Waals surface area contributed by atoms with Crippen LogP contribution >= 0.6 is 0 Å². The third kappa shape index (κ3) is 3.44. The van der Waals surface area contributed by atoms with Gasteiger partial charge in [-0.2, -0.15) is 0 Å². The zero-order valence-corrected chi connectivity index (χ0v) is 15.6. The zero-order chi connectivity index (χ0) is 19.5. The van der Waals surface area contributed by atoms with Crippen molar-refractivity contribution >= 4 is 11.2 Å². The minimum absolute atomic E-state index is 0.268. The predicted octanol–water partition coefficient (Wildman–Crippen LogP) is 6.47. The maximum atomic E-state index is 14.7. The molecule has 0 heterocycles. The van der Waals surface area contributed by atoms with Crippen molar-refractivity contribution in [1.82, 2.24) is 0 Å². The van der Waals surface area contributed by atoms with E-state index in [2.05, 4.69) is 0 Å². The molecule has 28 heavy (non-hydrogen) atoms. The molecule has 138 valence electrons. The molecular formula is C24H16F2OS. The predicted molar refractivity (Wildman–Crippen MR) is 108 cm³/mol. The second-order valence-electron chi connectivity index (χ2n) is 6.23. The van der Waals surface area contributed by atoms with E-state index in [1.165, 1.54) is 24.3 Å². The zero-order valence-electron chi connectivity index (χ0n) is 14.8. The van der Waals surface area contributed by atoms with E-state index in [1.54, 1.807) is 60.7 Å². The highest BCUT2D eigenvalue weighted by molar-refractivity contribution is 7.91. The molecule has 0 aliphatic heterocycles. The fourth-order valence-corrected chi connectivity index (χ4v) is 4.65. The summed E-state index contributed by atoms with van der Waals surface area (Å²) in [6.45, 7) is 0. The molecule has 4 rings (SSSR count). The van der Waals surface area contributed by atoms with Crippen molar-refractivity contribution in [2.24, 2.45) is 0 Å². The molecule has 0 aliphatic rings. The molecule has 0 bridgehead atoms. The monoisotopic (exact) mass is 390 g/mol. The molecule has 4 aromatic carbocycles. The highest BCUT2D eigenvalue weighted by Crippen LogP contribution is 2.38. The van der Waals surface area contributed by atoms with E-state index in [0.717, 1.165) is 0 Å². The molecule has 0 saturated heterocycles. The van der Waals surface area contributed by atoms with E-state index in [0.29, 0.717) is 20.9 Å². The number of benzene rings is 4. The van der Waals surface area contributed by atoms with Gasteiger partial charge in [-0.25, -0.2) is 8.78 Å². The van der Waals surface area contributed by atoms with E-state index in [1.807, 2.05) is 12.1 Å². The summed E-state index contributed by atoms with van der Waals surface area (Å²) in [5, 5.41) is 0. The summed E-state index contributed by atoms with van der Waals surface area (Å²) in [4.78, 5) is 0.628. The molecule has 0 fully saturated rings. The van der Waals surface area contributed by atoms with Gasteiger partial charge in [0.2, 0.25) is 0 Å². The lowest BCUT2D eigenvalue weighted by Gasteiger charge is -2.17. The average molecular weight is 390 g/mol. The van der Waals surface area contributed by atoms with Gasteiger partial charge < -0.3 is 4.55 Å². The number of rotatable bonds is 4. The highest BCUT2D eigenvalue weighted by Gasteiger charge is 2.27. The second-order valence-corrected chi connectivity index (χ2v) is 7.64. The lowest BCUT2D eigenvalue weighted by Crippen LogP contribution is -2.08. The molecule has 4 heteroatoms. The summed E-state index contributed by atoms with van der Waals surface area (Å²) >= 11 is -1.77. The molecule has 0 amide bonds.